The van der Waals surface area contributed by atoms with Crippen LogP contribution in [0.1, 0.15) is 0 Å². The minimum atomic E-state index is -3.81. The van der Waals surface area contributed by atoms with Crippen molar-refractivity contribution in [3.8, 4) is 0 Å². The second kappa shape index (κ2) is 4.46. The zero-order valence-corrected chi connectivity index (χ0v) is 3.91. The summed E-state index contributed by atoms with van der Waals surface area (Å²) >= 11 is 3.60. The molecule has 0 rings (SSSR count). The summed E-state index contributed by atoms with van der Waals surface area (Å²) in [6, 6.07) is 0. The first kappa shape index (κ1) is 11.4. The number of hydrogen-bond donors (Lipinski definition) is 3. The van der Waals surface area contributed by atoms with Gasteiger partial charge in [0.1, 0.15) is 0 Å². The predicted molar refractivity (Wildman–Crippen MR) is 28.1 cm³/mol. The van der Waals surface area contributed by atoms with Crippen LogP contribution in [-0.4, -0.2) is 83.6 Å². The average molecular weight is 248 g/mol. The number of hydrogen-bond acceptors (Lipinski definition) is 1. The first-order valence-electron chi connectivity index (χ1n) is 0.783. The molecule has 0 aromatic carbocycles. The molecular formula is H4CsO3PS. The van der Waals surface area contributed by atoms with Crippen LogP contribution in [-0.2, 0) is 11.8 Å². The van der Waals surface area contributed by atoms with E-state index in [4.69, 9.17) is 14.7 Å². The zero-order chi connectivity index (χ0) is 4.50. The Morgan fingerprint density at radius 2 is 1.17 bits per heavy atom. The van der Waals surface area contributed by atoms with Gasteiger partial charge in [0, 0.05) is 0 Å². The van der Waals surface area contributed by atoms with Crippen LogP contribution < -0.4 is 0 Å². The SMILES string of the molecule is OP(O)(O)=S.[CsH]. The van der Waals surface area contributed by atoms with Crippen molar-refractivity contribution >= 4 is 87.4 Å². The summed E-state index contributed by atoms with van der Waals surface area (Å²) in [7, 11) is 0. The Morgan fingerprint density at radius 3 is 1.17 bits per heavy atom. The van der Waals surface area contributed by atoms with Gasteiger partial charge in [-0.3, -0.25) is 0 Å². The van der Waals surface area contributed by atoms with Gasteiger partial charge < -0.3 is 14.7 Å². The topological polar surface area (TPSA) is 60.7 Å². The van der Waals surface area contributed by atoms with Crippen LogP contribution in [0, 0.1) is 0 Å². The van der Waals surface area contributed by atoms with E-state index in [1.165, 1.54) is 0 Å². The molecule has 0 aliphatic carbocycles. The molecule has 34 valence electrons. The van der Waals surface area contributed by atoms with Gasteiger partial charge in [-0.2, -0.15) is 0 Å². The van der Waals surface area contributed by atoms with Gasteiger partial charge in [0.25, 0.3) is 0 Å². The molecular weight excluding hydrogens is 244 g/mol. The van der Waals surface area contributed by atoms with E-state index >= 15 is 0 Å². The van der Waals surface area contributed by atoms with Crippen molar-refractivity contribution in [2.24, 2.45) is 0 Å². The van der Waals surface area contributed by atoms with E-state index in [1.807, 2.05) is 0 Å². The molecule has 6 heteroatoms. The van der Waals surface area contributed by atoms with Crippen LogP contribution in [0.15, 0.2) is 0 Å². The summed E-state index contributed by atoms with van der Waals surface area (Å²) in [5.41, 5.74) is 0. The Bertz CT molecular complexity index is 56.9. The average Bonchev–Trinajstić information content (AvgIpc) is 0.722. The minimum absolute atomic E-state index is 0. The third-order valence-electron chi connectivity index (χ3n) is 0. The second-order valence-electron chi connectivity index (χ2n) is 0.513. The molecule has 3 N–H and O–H groups in total. The molecule has 0 aliphatic heterocycles. The van der Waals surface area contributed by atoms with E-state index in [0.717, 1.165) is 0 Å². The Balaban J connectivity index is 0. The Kier molecular flexibility index (Phi) is 8.46. The zero-order valence-electron chi connectivity index (χ0n) is 2.20. The third kappa shape index (κ3) is 30.8. The standard InChI is InChI=1S/Cs.H3O3PS.H/c;1-4(2,3)5;/h;(H3,1,2,3,5);. The Morgan fingerprint density at radius 1 is 1.17 bits per heavy atom. The van der Waals surface area contributed by atoms with Crippen LogP contribution in [0.2, 0.25) is 0 Å². The van der Waals surface area contributed by atoms with Crippen molar-refractivity contribution in [3.05, 3.63) is 0 Å². The molecule has 0 fully saturated rings. The second-order valence-corrected chi connectivity index (χ2v) is 3.01. The Hall–Kier alpha value is 2.58. The fourth-order valence-corrected chi connectivity index (χ4v) is 0. The fraction of sp³-hybridized carbons (Fsp3) is 0. The summed E-state index contributed by atoms with van der Waals surface area (Å²) < 4.78 is 0. The molecule has 0 aromatic heterocycles. The molecule has 0 bridgehead atoms. The maximum absolute atomic E-state index is 7.56. The molecule has 0 saturated heterocycles. The van der Waals surface area contributed by atoms with Crippen molar-refractivity contribution in [1.82, 2.24) is 0 Å². The van der Waals surface area contributed by atoms with Crippen LogP contribution in [0.25, 0.3) is 0 Å². The van der Waals surface area contributed by atoms with Gasteiger partial charge in [-0.1, -0.05) is 0 Å². The summed E-state index contributed by atoms with van der Waals surface area (Å²) in [6.07, 6.45) is 0. The summed E-state index contributed by atoms with van der Waals surface area (Å²) in [5.74, 6) is 0. The molecule has 0 saturated carbocycles. The van der Waals surface area contributed by atoms with Gasteiger partial charge in [-0.15, -0.1) is 0 Å². The maximum atomic E-state index is 7.56. The first-order chi connectivity index (χ1) is 2.00. The van der Waals surface area contributed by atoms with Crippen molar-refractivity contribution in [3.63, 3.8) is 0 Å². The van der Waals surface area contributed by atoms with Gasteiger partial charge in [0.05, 0.1) is 0 Å². The van der Waals surface area contributed by atoms with Gasteiger partial charge in [0.15, 0.2) is 0 Å². The van der Waals surface area contributed by atoms with Crippen LogP contribution in [0.5, 0.6) is 0 Å². The van der Waals surface area contributed by atoms with E-state index in [9.17, 15) is 0 Å². The molecule has 6 heavy (non-hydrogen) atoms. The van der Waals surface area contributed by atoms with Gasteiger partial charge >= 0.3 is 75.6 Å². The summed E-state index contributed by atoms with van der Waals surface area (Å²) in [5, 5.41) is 0. The molecule has 3 nitrogen and oxygen atoms in total. The molecule has 0 heterocycles. The van der Waals surface area contributed by atoms with Crippen molar-refractivity contribution in [2.75, 3.05) is 0 Å². The van der Waals surface area contributed by atoms with Crippen LogP contribution >= 0.6 is 6.72 Å². The monoisotopic (exact) mass is 248 g/mol. The van der Waals surface area contributed by atoms with E-state index < -0.39 is 6.72 Å². The van der Waals surface area contributed by atoms with E-state index in [2.05, 4.69) is 11.8 Å². The van der Waals surface area contributed by atoms with Gasteiger partial charge in [-0.05, 0) is 11.8 Å². The van der Waals surface area contributed by atoms with E-state index in [-0.39, 0.29) is 68.9 Å². The fourth-order valence-electron chi connectivity index (χ4n) is 0. The molecule has 0 radical (unpaired) electrons. The molecule has 0 atom stereocenters. The van der Waals surface area contributed by atoms with Gasteiger partial charge in [-0.25, -0.2) is 0 Å². The van der Waals surface area contributed by atoms with Crippen molar-refractivity contribution < 1.29 is 14.7 Å². The van der Waals surface area contributed by atoms with E-state index in [0.29, 0.717) is 0 Å². The summed E-state index contributed by atoms with van der Waals surface area (Å²) in [6.45, 7) is -3.81. The van der Waals surface area contributed by atoms with Crippen LogP contribution in [0.4, 0.5) is 0 Å². The predicted octanol–water partition coefficient (Wildman–Crippen LogP) is -1.46. The van der Waals surface area contributed by atoms with E-state index in [1.54, 1.807) is 0 Å². The normalized spacial score (nSPS) is 9.83. The first-order valence-corrected chi connectivity index (χ1v) is 3.44. The molecule has 0 aliphatic rings. The van der Waals surface area contributed by atoms with Gasteiger partial charge in [0.2, 0.25) is 0 Å². The van der Waals surface area contributed by atoms with Crippen LogP contribution in [0.3, 0.4) is 0 Å². The van der Waals surface area contributed by atoms with Crippen molar-refractivity contribution in [2.45, 2.75) is 0 Å². The Labute approximate surface area is 99.4 Å². The quantitative estimate of drug-likeness (QED) is 0.458. The molecule has 0 aromatic rings. The molecule has 0 unspecified atom stereocenters. The van der Waals surface area contributed by atoms with Crippen molar-refractivity contribution in [1.29, 1.82) is 0 Å². The third-order valence-corrected chi connectivity index (χ3v) is 0. The summed E-state index contributed by atoms with van der Waals surface area (Å²) in [4.78, 5) is 22.7. The number of rotatable bonds is 0. The molecule has 0 amide bonds. The molecule has 0 spiro atoms.